The second kappa shape index (κ2) is 3.80. The van der Waals surface area contributed by atoms with E-state index in [9.17, 15) is 0 Å². The van der Waals surface area contributed by atoms with E-state index in [-0.39, 0.29) is 0 Å². The van der Waals surface area contributed by atoms with Crippen molar-refractivity contribution in [2.45, 2.75) is 31.5 Å². The number of epoxide rings is 1. The zero-order chi connectivity index (χ0) is 9.38. The van der Waals surface area contributed by atoms with Gasteiger partial charge in [-0.3, -0.25) is 0 Å². The topological polar surface area (TPSA) is 27.8 Å². The smallest absolute Gasteiger partial charge is 0.0845 e. The minimum absolute atomic E-state index is 0.650. The first-order chi connectivity index (χ1) is 6.92. The van der Waals surface area contributed by atoms with Crippen molar-refractivity contribution >= 4 is 0 Å². The van der Waals surface area contributed by atoms with E-state index in [1.54, 1.807) is 0 Å². The van der Waals surface area contributed by atoms with Crippen LogP contribution >= 0.6 is 0 Å². The predicted molar refractivity (Wildman–Crippen MR) is 55.3 cm³/mol. The molecule has 1 saturated carbocycles. The van der Waals surface area contributed by atoms with E-state index in [1.807, 2.05) is 0 Å². The van der Waals surface area contributed by atoms with Crippen molar-refractivity contribution < 1.29 is 4.74 Å². The highest BCUT2D eigenvalue weighted by atomic mass is 16.6. The second-order valence-electron chi connectivity index (χ2n) is 4.94. The zero-order valence-corrected chi connectivity index (χ0v) is 8.74. The molecule has 0 aromatic heterocycles. The highest BCUT2D eigenvalue weighted by molar-refractivity contribution is 4.92. The van der Waals surface area contributed by atoms with Crippen LogP contribution in [0.1, 0.15) is 19.3 Å². The summed E-state index contributed by atoms with van der Waals surface area (Å²) in [4.78, 5) is 2.61. The number of ether oxygens (including phenoxy) is 1. The summed E-state index contributed by atoms with van der Waals surface area (Å²) < 4.78 is 5.57. The van der Waals surface area contributed by atoms with Crippen LogP contribution in [0.5, 0.6) is 0 Å². The number of nitrogens with one attached hydrogen (secondary N) is 1. The average molecular weight is 196 g/mol. The molecule has 0 aromatic rings. The van der Waals surface area contributed by atoms with Gasteiger partial charge in [-0.1, -0.05) is 0 Å². The first-order valence-electron chi connectivity index (χ1n) is 6.00. The van der Waals surface area contributed by atoms with Gasteiger partial charge in [-0.15, -0.1) is 0 Å². The van der Waals surface area contributed by atoms with Gasteiger partial charge in [0, 0.05) is 32.7 Å². The van der Waals surface area contributed by atoms with E-state index < -0.39 is 0 Å². The molecule has 80 valence electrons. The highest BCUT2D eigenvalue weighted by Gasteiger charge is 2.43. The van der Waals surface area contributed by atoms with Gasteiger partial charge in [0.2, 0.25) is 0 Å². The van der Waals surface area contributed by atoms with Crippen molar-refractivity contribution in [1.82, 2.24) is 10.2 Å². The molecule has 3 heteroatoms. The van der Waals surface area contributed by atoms with Gasteiger partial charge in [-0.2, -0.15) is 0 Å². The second-order valence-corrected chi connectivity index (χ2v) is 4.94. The molecular weight excluding hydrogens is 176 g/mol. The maximum Gasteiger partial charge on any atom is 0.0845 e. The first-order valence-corrected chi connectivity index (χ1v) is 6.00. The highest BCUT2D eigenvalue weighted by Crippen LogP contribution is 2.39. The minimum atomic E-state index is 0.650. The molecule has 0 aromatic carbocycles. The minimum Gasteiger partial charge on any atom is -0.370 e. The molecule has 3 atom stereocenters. The van der Waals surface area contributed by atoms with Gasteiger partial charge < -0.3 is 15.0 Å². The SMILES string of the molecule is C1CN(CC2CCC3OC3C2)CCN1. The third-order valence-corrected chi connectivity index (χ3v) is 3.84. The number of hydrogen-bond acceptors (Lipinski definition) is 3. The summed E-state index contributed by atoms with van der Waals surface area (Å²) in [5.41, 5.74) is 0. The Bertz CT molecular complexity index is 203. The standard InChI is InChI=1S/C11H20N2O/c1-2-10-11(14-10)7-9(1)8-13-5-3-12-4-6-13/h9-12H,1-8H2. The Hall–Kier alpha value is -0.120. The fourth-order valence-electron chi connectivity index (χ4n) is 2.91. The normalized spacial score (nSPS) is 43.3. The molecule has 2 heterocycles. The van der Waals surface area contributed by atoms with E-state index in [0.717, 1.165) is 5.92 Å². The number of piperazine rings is 1. The number of nitrogens with zero attached hydrogens (tertiary/aromatic N) is 1. The quantitative estimate of drug-likeness (QED) is 0.650. The molecular formula is C11H20N2O. The van der Waals surface area contributed by atoms with Gasteiger partial charge in [0.05, 0.1) is 12.2 Å². The Labute approximate surface area is 85.8 Å². The largest absolute Gasteiger partial charge is 0.370 e. The molecule has 0 radical (unpaired) electrons. The van der Waals surface area contributed by atoms with Crippen molar-refractivity contribution in [2.24, 2.45) is 5.92 Å². The molecule has 2 aliphatic heterocycles. The molecule has 0 amide bonds. The molecule has 3 nitrogen and oxygen atoms in total. The van der Waals surface area contributed by atoms with E-state index in [2.05, 4.69) is 10.2 Å². The third-order valence-electron chi connectivity index (χ3n) is 3.84. The molecule has 1 aliphatic carbocycles. The van der Waals surface area contributed by atoms with Crippen molar-refractivity contribution in [1.29, 1.82) is 0 Å². The zero-order valence-electron chi connectivity index (χ0n) is 8.74. The average Bonchev–Trinajstić information content (AvgIpc) is 2.97. The third kappa shape index (κ3) is 1.95. The Morgan fingerprint density at radius 1 is 1.14 bits per heavy atom. The number of hydrogen-bond donors (Lipinski definition) is 1. The lowest BCUT2D eigenvalue weighted by Crippen LogP contribution is -2.45. The molecule has 3 aliphatic rings. The monoisotopic (exact) mass is 196 g/mol. The molecule has 2 saturated heterocycles. The van der Waals surface area contributed by atoms with Gasteiger partial charge in [0.1, 0.15) is 0 Å². The van der Waals surface area contributed by atoms with Crippen LogP contribution in [0.25, 0.3) is 0 Å². The van der Waals surface area contributed by atoms with Crippen LogP contribution in [-0.2, 0) is 4.74 Å². The van der Waals surface area contributed by atoms with Crippen molar-refractivity contribution in [3.05, 3.63) is 0 Å². The molecule has 14 heavy (non-hydrogen) atoms. The number of fused-ring (bicyclic) bond motifs is 1. The first kappa shape index (κ1) is 9.13. The van der Waals surface area contributed by atoms with Crippen LogP contribution in [0.2, 0.25) is 0 Å². The van der Waals surface area contributed by atoms with E-state index in [4.69, 9.17) is 4.74 Å². The predicted octanol–water partition coefficient (Wildman–Crippen LogP) is 0.459. The maximum atomic E-state index is 5.57. The Balaban J connectivity index is 1.46. The van der Waals surface area contributed by atoms with Gasteiger partial charge in [0.15, 0.2) is 0 Å². The Kier molecular flexibility index (Phi) is 2.48. The van der Waals surface area contributed by atoms with Crippen molar-refractivity contribution in [2.75, 3.05) is 32.7 Å². The summed E-state index contributed by atoms with van der Waals surface area (Å²) >= 11 is 0. The lowest BCUT2D eigenvalue weighted by atomic mass is 9.89. The Morgan fingerprint density at radius 2 is 2.00 bits per heavy atom. The molecule has 0 spiro atoms. The fraction of sp³-hybridized carbons (Fsp3) is 1.00. The van der Waals surface area contributed by atoms with Gasteiger partial charge in [-0.25, -0.2) is 0 Å². The summed E-state index contributed by atoms with van der Waals surface area (Å²) in [5, 5.41) is 3.40. The fourth-order valence-corrected chi connectivity index (χ4v) is 2.91. The van der Waals surface area contributed by atoms with Crippen LogP contribution in [0.3, 0.4) is 0 Å². The summed E-state index contributed by atoms with van der Waals surface area (Å²) in [6, 6.07) is 0. The van der Waals surface area contributed by atoms with Crippen molar-refractivity contribution in [3.63, 3.8) is 0 Å². The van der Waals surface area contributed by atoms with Crippen LogP contribution in [-0.4, -0.2) is 49.8 Å². The molecule has 1 N–H and O–H groups in total. The van der Waals surface area contributed by atoms with Crippen molar-refractivity contribution in [3.8, 4) is 0 Å². The summed E-state index contributed by atoms with van der Waals surface area (Å²) in [5.74, 6) is 0.914. The van der Waals surface area contributed by atoms with Gasteiger partial charge in [-0.05, 0) is 25.2 Å². The van der Waals surface area contributed by atoms with E-state index >= 15 is 0 Å². The lowest BCUT2D eigenvalue weighted by Gasteiger charge is -2.31. The van der Waals surface area contributed by atoms with E-state index in [1.165, 1.54) is 52.0 Å². The van der Waals surface area contributed by atoms with Gasteiger partial charge >= 0.3 is 0 Å². The summed E-state index contributed by atoms with van der Waals surface area (Å²) in [7, 11) is 0. The van der Waals surface area contributed by atoms with Crippen LogP contribution in [0.15, 0.2) is 0 Å². The van der Waals surface area contributed by atoms with Crippen LogP contribution < -0.4 is 5.32 Å². The Morgan fingerprint density at radius 3 is 2.79 bits per heavy atom. The molecule has 3 fully saturated rings. The van der Waals surface area contributed by atoms with Crippen LogP contribution in [0.4, 0.5) is 0 Å². The van der Waals surface area contributed by atoms with Gasteiger partial charge in [0.25, 0.3) is 0 Å². The number of rotatable bonds is 2. The van der Waals surface area contributed by atoms with E-state index in [0.29, 0.717) is 12.2 Å². The molecule has 3 unspecified atom stereocenters. The summed E-state index contributed by atoms with van der Waals surface area (Å²) in [6.45, 7) is 6.15. The summed E-state index contributed by atoms with van der Waals surface area (Å²) in [6.07, 6.45) is 5.35. The molecule has 3 rings (SSSR count). The maximum absolute atomic E-state index is 5.57. The lowest BCUT2D eigenvalue weighted by molar-refractivity contribution is 0.187. The molecule has 0 bridgehead atoms. The van der Waals surface area contributed by atoms with Crippen LogP contribution in [0, 0.1) is 5.92 Å².